The van der Waals surface area contributed by atoms with E-state index in [2.05, 4.69) is 56.2 Å². The first-order valence-corrected chi connectivity index (χ1v) is 10.8. The second-order valence-electron chi connectivity index (χ2n) is 8.39. The molecule has 0 aliphatic carbocycles. The lowest BCUT2D eigenvalue weighted by Gasteiger charge is -2.43. The number of hydrogen-bond acceptors (Lipinski definition) is 4. The van der Waals surface area contributed by atoms with Gasteiger partial charge in [-0.25, -0.2) is 4.98 Å². The first kappa shape index (κ1) is 18.5. The zero-order valence-electron chi connectivity index (χ0n) is 16.9. The molecule has 2 aliphatic rings. The Labute approximate surface area is 172 Å². The van der Waals surface area contributed by atoms with Crippen LogP contribution in [-0.4, -0.2) is 44.4 Å². The molecule has 0 spiro atoms. The van der Waals surface area contributed by atoms with Crippen molar-refractivity contribution in [3.8, 4) is 0 Å². The molecule has 0 saturated carbocycles. The number of H-pyrrole nitrogens is 1. The van der Waals surface area contributed by atoms with E-state index < -0.39 is 0 Å². The van der Waals surface area contributed by atoms with Gasteiger partial charge in [0, 0.05) is 44.1 Å². The minimum Gasteiger partial charge on any atom is -0.348 e. The number of likely N-dealkylation sites (tertiary alicyclic amines) is 1. The van der Waals surface area contributed by atoms with Crippen molar-refractivity contribution < 1.29 is 0 Å². The molecule has 1 N–H and O–H groups in total. The molecular weight excluding hydrogens is 358 g/mol. The Balaban J connectivity index is 1.30. The molecule has 1 saturated heterocycles. The Kier molecular flexibility index (Phi) is 5.41. The largest absolute Gasteiger partial charge is 0.348 e. The number of fused-ring (bicyclic) bond motifs is 1. The molecule has 2 aromatic heterocycles. The number of aromatic nitrogens is 3. The summed E-state index contributed by atoms with van der Waals surface area (Å²) >= 11 is 0. The number of nitrogens with one attached hydrogen (secondary N) is 1. The highest BCUT2D eigenvalue weighted by Gasteiger charge is 2.37. The lowest BCUT2D eigenvalue weighted by Crippen LogP contribution is -2.43. The van der Waals surface area contributed by atoms with E-state index in [1.165, 1.54) is 35.4 Å². The number of rotatable bonds is 5. The fraction of sp³-hybridized carbons (Fsp3) is 0.417. The van der Waals surface area contributed by atoms with Crippen molar-refractivity contribution in [1.29, 1.82) is 0 Å². The summed E-state index contributed by atoms with van der Waals surface area (Å²) in [5.74, 6) is 0.654. The second kappa shape index (κ2) is 8.47. The van der Waals surface area contributed by atoms with Crippen molar-refractivity contribution in [3.63, 3.8) is 0 Å². The highest BCUT2D eigenvalue weighted by atomic mass is 15.2. The van der Waals surface area contributed by atoms with Gasteiger partial charge in [-0.05, 0) is 49.0 Å². The van der Waals surface area contributed by atoms with Crippen molar-refractivity contribution in [2.75, 3.05) is 19.6 Å². The van der Waals surface area contributed by atoms with Gasteiger partial charge in [0.15, 0.2) is 0 Å². The number of benzene rings is 1. The predicted molar refractivity (Wildman–Crippen MR) is 114 cm³/mol. The maximum atomic E-state index is 4.77. The molecule has 0 bridgehead atoms. The highest BCUT2D eigenvalue weighted by molar-refractivity contribution is 5.22. The zero-order valence-corrected chi connectivity index (χ0v) is 16.9. The summed E-state index contributed by atoms with van der Waals surface area (Å²) in [4.78, 5) is 17.7. The summed E-state index contributed by atoms with van der Waals surface area (Å²) in [7, 11) is 0. The van der Waals surface area contributed by atoms with Crippen molar-refractivity contribution >= 4 is 0 Å². The Morgan fingerprint density at radius 3 is 2.55 bits per heavy atom. The van der Waals surface area contributed by atoms with E-state index in [0.29, 0.717) is 12.0 Å². The predicted octanol–water partition coefficient (Wildman–Crippen LogP) is 3.82. The summed E-state index contributed by atoms with van der Waals surface area (Å²) in [6.45, 7) is 5.42. The van der Waals surface area contributed by atoms with E-state index in [1.54, 1.807) is 0 Å². The second-order valence-corrected chi connectivity index (χ2v) is 8.39. The van der Waals surface area contributed by atoms with Crippen LogP contribution >= 0.6 is 0 Å². The molecule has 0 radical (unpaired) electrons. The van der Waals surface area contributed by atoms with Gasteiger partial charge in [0.25, 0.3) is 0 Å². The molecule has 1 aromatic carbocycles. The fourth-order valence-corrected chi connectivity index (χ4v) is 5.05. The highest BCUT2D eigenvalue weighted by Crippen LogP contribution is 2.39. The Bertz CT molecular complexity index is 899. The zero-order chi connectivity index (χ0) is 19.5. The van der Waals surface area contributed by atoms with E-state index in [-0.39, 0.29) is 0 Å². The van der Waals surface area contributed by atoms with Crippen LogP contribution in [0, 0.1) is 5.92 Å². The molecule has 5 heteroatoms. The third kappa shape index (κ3) is 4.11. The molecule has 1 atom stereocenters. The normalized spacial score (nSPS) is 21.2. The number of hydrogen-bond donors (Lipinski definition) is 1. The fourth-order valence-electron chi connectivity index (χ4n) is 5.05. The average molecular weight is 388 g/mol. The van der Waals surface area contributed by atoms with Gasteiger partial charge in [0.05, 0.1) is 18.1 Å². The number of nitrogens with zero attached hydrogens (tertiary/aromatic N) is 4. The third-order valence-corrected chi connectivity index (χ3v) is 6.51. The number of pyridine rings is 1. The first-order valence-electron chi connectivity index (χ1n) is 10.8. The Morgan fingerprint density at radius 1 is 0.931 bits per heavy atom. The van der Waals surface area contributed by atoms with E-state index in [9.17, 15) is 0 Å². The van der Waals surface area contributed by atoms with Crippen LogP contribution < -0.4 is 0 Å². The molecule has 0 amide bonds. The number of imidazole rings is 1. The molecule has 29 heavy (non-hydrogen) atoms. The van der Waals surface area contributed by atoms with Gasteiger partial charge in [0.1, 0.15) is 0 Å². The van der Waals surface area contributed by atoms with Gasteiger partial charge in [0.2, 0.25) is 0 Å². The van der Waals surface area contributed by atoms with E-state index in [1.807, 2.05) is 24.8 Å². The third-order valence-electron chi connectivity index (χ3n) is 6.51. The van der Waals surface area contributed by atoms with Gasteiger partial charge in [-0.3, -0.25) is 14.8 Å². The van der Waals surface area contributed by atoms with Gasteiger partial charge < -0.3 is 4.98 Å². The van der Waals surface area contributed by atoms with E-state index in [4.69, 9.17) is 4.98 Å². The summed E-state index contributed by atoms with van der Waals surface area (Å²) in [6.07, 6.45) is 9.25. The Hall–Kier alpha value is -2.50. The van der Waals surface area contributed by atoms with Crippen molar-refractivity contribution in [3.05, 3.63) is 83.7 Å². The summed E-state index contributed by atoms with van der Waals surface area (Å²) < 4.78 is 0. The summed E-state index contributed by atoms with van der Waals surface area (Å²) in [5, 5.41) is 0. The monoisotopic (exact) mass is 387 g/mol. The molecule has 5 nitrogen and oxygen atoms in total. The smallest absolute Gasteiger partial charge is 0.0925 e. The molecule has 5 rings (SSSR count). The van der Waals surface area contributed by atoms with Crippen LogP contribution in [0.2, 0.25) is 0 Å². The number of aromatic amines is 1. The maximum absolute atomic E-state index is 4.77. The molecular formula is C24H29N5. The van der Waals surface area contributed by atoms with Crippen molar-refractivity contribution in [1.82, 2.24) is 24.8 Å². The maximum Gasteiger partial charge on any atom is 0.0925 e. The van der Waals surface area contributed by atoms with Gasteiger partial charge >= 0.3 is 0 Å². The van der Waals surface area contributed by atoms with Crippen LogP contribution in [-0.2, 0) is 19.5 Å². The van der Waals surface area contributed by atoms with Crippen LogP contribution in [0.1, 0.15) is 41.4 Å². The van der Waals surface area contributed by atoms with Crippen LogP contribution in [0.4, 0.5) is 0 Å². The molecule has 1 unspecified atom stereocenters. The van der Waals surface area contributed by atoms with Crippen LogP contribution in [0.5, 0.6) is 0 Å². The lowest BCUT2D eigenvalue weighted by molar-refractivity contribution is 0.0689. The summed E-state index contributed by atoms with van der Waals surface area (Å²) in [6, 6.07) is 15.5. The molecule has 1 fully saturated rings. The quantitative estimate of drug-likeness (QED) is 0.723. The topological polar surface area (TPSA) is 48.1 Å². The van der Waals surface area contributed by atoms with Gasteiger partial charge in [-0.2, -0.15) is 0 Å². The molecule has 3 aromatic rings. The number of piperidine rings is 1. The first-order chi connectivity index (χ1) is 14.4. The van der Waals surface area contributed by atoms with Crippen molar-refractivity contribution in [2.24, 2.45) is 5.92 Å². The summed E-state index contributed by atoms with van der Waals surface area (Å²) in [5.41, 5.74) is 5.32. The van der Waals surface area contributed by atoms with Crippen molar-refractivity contribution in [2.45, 2.75) is 38.4 Å². The Morgan fingerprint density at radius 2 is 1.76 bits per heavy atom. The standard InChI is InChI=1S/C24H29N5/c1-2-5-19(6-3-1)16-28-12-8-21(9-13-28)24-23-22(26-18-27-23)10-14-29(24)17-20-7-4-11-25-15-20/h1-7,11,15,18,21,24H,8-10,12-14,16-17H2,(H,26,27). The van der Waals surface area contributed by atoms with Crippen LogP contribution in [0.25, 0.3) is 0 Å². The van der Waals surface area contributed by atoms with E-state index >= 15 is 0 Å². The van der Waals surface area contributed by atoms with Gasteiger partial charge in [-0.15, -0.1) is 0 Å². The SMILES string of the molecule is c1ccc(CN2CCC(C3c4nc[nH]c4CCN3Cc3cccnc3)CC2)cc1. The van der Waals surface area contributed by atoms with Gasteiger partial charge in [-0.1, -0.05) is 36.4 Å². The average Bonchev–Trinajstić information content (AvgIpc) is 3.25. The van der Waals surface area contributed by atoms with Crippen LogP contribution in [0.15, 0.2) is 61.2 Å². The lowest BCUT2D eigenvalue weighted by atomic mass is 9.83. The molecule has 150 valence electrons. The van der Waals surface area contributed by atoms with Crippen LogP contribution in [0.3, 0.4) is 0 Å². The molecule has 2 aliphatic heterocycles. The van der Waals surface area contributed by atoms with E-state index in [0.717, 1.165) is 39.1 Å². The minimum atomic E-state index is 0.407. The molecule has 4 heterocycles. The minimum absolute atomic E-state index is 0.407.